The summed E-state index contributed by atoms with van der Waals surface area (Å²) in [5, 5.41) is 0. The highest BCUT2D eigenvalue weighted by molar-refractivity contribution is 5.29. The fourth-order valence-corrected chi connectivity index (χ4v) is 1.52. The smallest absolute Gasteiger partial charge is 0.119 e. The molecule has 1 nitrogen and oxygen atoms in total. The summed E-state index contributed by atoms with van der Waals surface area (Å²) in [7, 11) is 0. The van der Waals surface area contributed by atoms with Gasteiger partial charge in [0, 0.05) is 0 Å². The molecule has 1 rings (SSSR count). The maximum atomic E-state index is 5.43. The lowest BCUT2D eigenvalue weighted by molar-refractivity contribution is 0.333. The number of hydrogen-bond acceptors (Lipinski definition) is 1. The summed E-state index contributed by atoms with van der Waals surface area (Å²) in [5.74, 6) is 1.52. The molecule has 84 valence electrons. The molecule has 0 aliphatic heterocycles. The molecule has 15 heavy (non-hydrogen) atoms. The van der Waals surface area contributed by atoms with E-state index in [1.807, 2.05) is 6.92 Å². The third-order valence-electron chi connectivity index (χ3n) is 2.99. The molecular weight excluding hydrogens is 184 g/mol. The molecule has 0 heterocycles. The van der Waals surface area contributed by atoms with Gasteiger partial charge in [-0.15, -0.1) is 0 Å². The zero-order valence-electron chi connectivity index (χ0n) is 10.5. The van der Waals surface area contributed by atoms with E-state index in [0.29, 0.717) is 11.3 Å². The van der Waals surface area contributed by atoms with Crippen LogP contribution >= 0.6 is 0 Å². The van der Waals surface area contributed by atoms with Crippen molar-refractivity contribution in [3.05, 3.63) is 29.8 Å². The van der Waals surface area contributed by atoms with Gasteiger partial charge in [-0.1, -0.05) is 39.8 Å². The second-order valence-corrected chi connectivity index (χ2v) is 5.09. The van der Waals surface area contributed by atoms with Crippen molar-refractivity contribution < 1.29 is 4.74 Å². The van der Waals surface area contributed by atoms with E-state index in [1.165, 1.54) is 5.56 Å². The monoisotopic (exact) mass is 206 g/mol. The fourth-order valence-electron chi connectivity index (χ4n) is 1.52. The molecule has 0 saturated carbocycles. The van der Waals surface area contributed by atoms with Crippen LogP contribution in [-0.4, -0.2) is 6.61 Å². The van der Waals surface area contributed by atoms with Crippen molar-refractivity contribution in [1.29, 1.82) is 0 Å². The maximum absolute atomic E-state index is 5.43. The summed E-state index contributed by atoms with van der Waals surface area (Å²) in [6.45, 7) is 11.8. The first-order valence-corrected chi connectivity index (χ1v) is 5.68. The Bertz CT molecular complexity index is 292. The van der Waals surface area contributed by atoms with Gasteiger partial charge in [-0.25, -0.2) is 0 Å². The summed E-state index contributed by atoms with van der Waals surface area (Å²) in [6, 6.07) is 8.45. The maximum Gasteiger partial charge on any atom is 0.119 e. The van der Waals surface area contributed by atoms with Crippen LogP contribution in [0.5, 0.6) is 5.75 Å². The van der Waals surface area contributed by atoms with E-state index < -0.39 is 0 Å². The van der Waals surface area contributed by atoms with Gasteiger partial charge in [0.2, 0.25) is 0 Å². The van der Waals surface area contributed by atoms with Crippen LogP contribution in [-0.2, 0) is 0 Å². The van der Waals surface area contributed by atoms with E-state index in [1.54, 1.807) is 0 Å². The summed E-state index contributed by atoms with van der Waals surface area (Å²) in [6.07, 6.45) is 0. The first-order chi connectivity index (χ1) is 6.95. The van der Waals surface area contributed by atoms with Crippen LogP contribution in [0.25, 0.3) is 0 Å². The largest absolute Gasteiger partial charge is 0.494 e. The van der Waals surface area contributed by atoms with Crippen molar-refractivity contribution in [3.63, 3.8) is 0 Å². The zero-order valence-corrected chi connectivity index (χ0v) is 10.5. The zero-order chi connectivity index (χ0) is 11.5. The number of ether oxygens (including phenoxy) is 1. The van der Waals surface area contributed by atoms with Crippen LogP contribution in [0.3, 0.4) is 0 Å². The second-order valence-electron chi connectivity index (χ2n) is 5.09. The summed E-state index contributed by atoms with van der Waals surface area (Å²) < 4.78 is 5.43. The normalized spacial score (nSPS) is 13.7. The molecule has 0 aromatic heterocycles. The lowest BCUT2D eigenvalue weighted by Crippen LogP contribution is -2.15. The minimum Gasteiger partial charge on any atom is -0.494 e. The number of rotatable bonds is 3. The third-order valence-corrected chi connectivity index (χ3v) is 2.99. The average molecular weight is 206 g/mol. The van der Waals surface area contributed by atoms with E-state index in [-0.39, 0.29) is 0 Å². The van der Waals surface area contributed by atoms with Crippen molar-refractivity contribution in [2.24, 2.45) is 5.41 Å². The van der Waals surface area contributed by atoms with Crippen LogP contribution in [0, 0.1) is 5.41 Å². The van der Waals surface area contributed by atoms with Gasteiger partial charge in [0.05, 0.1) is 6.61 Å². The Balaban J connectivity index is 2.80. The SMILES string of the molecule is CCOc1ccc(C(C)C(C)(C)C)cc1. The lowest BCUT2D eigenvalue weighted by Gasteiger charge is -2.27. The molecule has 0 bridgehead atoms. The molecule has 1 unspecified atom stereocenters. The molecule has 1 heteroatoms. The molecule has 0 aliphatic carbocycles. The van der Waals surface area contributed by atoms with E-state index in [0.717, 1.165) is 12.4 Å². The van der Waals surface area contributed by atoms with Gasteiger partial charge in [-0.2, -0.15) is 0 Å². The van der Waals surface area contributed by atoms with Crippen molar-refractivity contribution in [2.75, 3.05) is 6.61 Å². The van der Waals surface area contributed by atoms with Gasteiger partial charge in [0.1, 0.15) is 5.75 Å². The van der Waals surface area contributed by atoms with Gasteiger partial charge in [0.25, 0.3) is 0 Å². The number of hydrogen-bond donors (Lipinski definition) is 0. The van der Waals surface area contributed by atoms with Crippen LogP contribution in [0.4, 0.5) is 0 Å². The topological polar surface area (TPSA) is 9.23 Å². The molecule has 1 atom stereocenters. The quantitative estimate of drug-likeness (QED) is 0.719. The minimum absolute atomic E-state index is 0.313. The predicted octanol–water partition coefficient (Wildman–Crippen LogP) is 4.23. The first kappa shape index (κ1) is 12.1. The molecular formula is C14H22O. The number of benzene rings is 1. The minimum atomic E-state index is 0.313. The van der Waals surface area contributed by atoms with E-state index in [4.69, 9.17) is 4.74 Å². The molecule has 0 radical (unpaired) electrons. The van der Waals surface area contributed by atoms with Crippen LogP contribution in [0.2, 0.25) is 0 Å². The van der Waals surface area contributed by atoms with Crippen LogP contribution in [0.15, 0.2) is 24.3 Å². The summed E-state index contributed by atoms with van der Waals surface area (Å²) in [5.41, 5.74) is 1.69. The van der Waals surface area contributed by atoms with Gasteiger partial charge in [-0.3, -0.25) is 0 Å². The molecule has 1 aromatic rings. The van der Waals surface area contributed by atoms with Crippen LogP contribution in [0.1, 0.15) is 46.1 Å². The molecule has 1 aromatic carbocycles. The molecule has 0 spiro atoms. The van der Waals surface area contributed by atoms with E-state index >= 15 is 0 Å². The Morgan fingerprint density at radius 3 is 2.07 bits per heavy atom. The highest BCUT2D eigenvalue weighted by Gasteiger charge is 2.21. The summed E-state index contributed by atoms with van der Waals surface area (Å²) in [4.78, 5) is 0. The van der Waals surface area contributed by atoms with E-state index in [9.17, 15) is 0 Å². The van der Waals surface area contributed by atoms with Crippen molar-refractivity contribution >= 4 is 0 Å². The average Bonchev–Trinajstić information content (AvgIpc) is 2.17. The van der Waals surface area contributed by atoms with Crippen molar-refractivity contribution in [3.8, 4) is 5.75 Å². The van der Waals surface area contributed by atoms with E-state index in [2.05, 4.69) is 52.0 Å². The molecule has 0 fully saturated rings. The molecule has 0 aliphatic rings. The van der Waals surface area contributed by atoms with Gasteiger partial charge in [-0.05, 0) is 36.0 Å². The lowest BCUT2D eigenvalue weighted by atomic mass is 9.78. The van der Waals surface area contributed by atoms with Gasteiger partial charge >= 0.3 is 0 Å². The highest BCUT2D eigenvalue weighted by atomic mass is 16.5. The molecule has 0 N–H and O–H groups in total. The van der Waals surface area contributed by atoms with Gasteiger partial charge in [0.15, 0.2) is 0 Å². The third kappa shape index (κ3) is 3.26. The van der Waals surface area contributed by atoms with Crippen molar-refractivity contribution in [1.82, 2.24) is 0 Å². The fraction of sp³-hybridized carbons (Fsp3) is 0.571. The predicted molar refractivity (Wildman–Crippen MR) is 65.5 cm³/mol. The highest BCUT2D eigenvalue weighted by Crippen LogP contribution is 2.34. The second kappa shape index (κ2) is 4.69. The Kier molecular flexibility index (Phi) is 3.78. The first-order valence-electron chi connectivity index (χ1n) is 5.68. The van der Waals surface area contributed by atoms with Crippen molar-refractivity contribution in [2.45, 2.75) is 40.5 Å². The van der Waals surface area contributed by atoms with Crippen LogP contribution < -0.4 is 4.74 Å². The Hall–Kier alpha value is -0.980. The molecule has 0 saturated heterocycles. The Morgan fingerprint density at radius 2 is 1.67 bits per heavy atom. The standard InChI is InChI=1S/C14H22O/c1-6-15-13-9-7-12(8-10-13)11(2)14(3,4)5/h7-11H,6H2,1-5H3. The summed E-state index contributed by atoms with van der Waals surface area (Å²) >= 11 is 0. The van der Waals surface area contributed by atoms with Gasteiger partial charge < -0.3 is 4.74 Å². The molecule has 0 amide bonds. The Morgan fingerprint density at radius 1 is 1.13 bits per heavy atom. The Labute approximate surface area is 93.5 Å².